The van der Waals surface area contributed by atoms with Crippen molar-refractivity contribution in [2.75, 3.05) is 13.2 Å². The summed E-state index contributed by atoms with van der Waals surface area (Å²) in [6, 6.07) is 2.20. The maximum Gasteiger partial charge on any atom is 0.264 e. The van der Waals surface area contributed by atoms with Crippen LogP contribution in [0.3, 0.4) is 0 Å². The number of carbonyl (C=O) groups excluding carboxylic acids is 1. The summed E-state index contributed by atoms with van der Waals surface area (Å²) in [4.78, 5) is 16.5. The van der Waals surface area contributed by atoms with Gasteiger partial charge < -0.3 is 10.0 Å². The van der Waals surface area contributed by atoms with Crippen LogP contribution < -0.4 is 0 Å². The summed E-state index contributed by atoms with van der Waals surface area (Å²) in [5.41, 5.74) is 0.961. The minimum Gasteiger partial charge on any atom is -0.396 e. The lowest BCUT2D eigenvalue weighted by Crippen LogP contribution is -2.46. The number of amides is 1. The molecule has 0 aliphatic carbocycles. The number of likely N-dealkylation sites (tertiary alicyclic amines) is 1. The van der Waals surface area contributed by atoms with Gasteiger partial charge in [-0.3, -0.25) is 9.48 Å². The molecule has 1 aliphatic rings. The van der Waals surface area contributed by atoms with E-state index in [4.69, 9.17) is 0 Å². The predicted molar refractivity (Wildman–Crippen MR) is 83.6 cm³/mol. The van der Waals surface area contributed by atoms with Crippen molar-refractivity contribution in [3.63, 3.8) is 0 Å². The lowest BCUT2D eigenvalue weighted by molar-refractivity contribution is 0.0493. The molecule has 6 heteroatoms. The molecular formula is C15H21N3O2S. The molecule has 1 amide bonds. The monoisotopic (exact) mass is 307 g/mol. The molecule has 21 heavy (non-hydrogen) atoms. The first kappa shape index (κ1) is 14.5. The second-order valence-electron chi connectivity index (χ2n) is 5.97. The van der Waals surface area contributed by atoms with Crippen LogP contribution in [0.1, 0.15) is 35.1 Å². The molecule has 2 atom stereocenters. The molecule has 3 rings (SSSR count). The number of piperidine rings is 1. The highest BCUT2D eigenvalue weighted by Crippen LogP contribution is 2.30. The van der Waals surface area contributed by atoms with Crippen molar-refractivity contribution in [1.82, 2.24) is 14.7 Å². The molecule has 2 aromatic heterocycles. The van der Waals surface area contributed by atoms with Gasteiger partial charge in [0.15, 0.2) is 0 Å². The number of thiophene rings is 1. The third kappa shape index (κ3) is 2.46. The van der Waals surface area contributed by atoms with Gasteiger partial charge in [-0.2, -0.15) is 5.10 Å². The van der Waals surface area contributed by atoms with Crippen LogP contribution >= 0.6 is 11.3 Å². The number of rotatable bonds is 2. The molecule has 3 heterocycles. The zero-order chi connectivity index (χ0) is 15.1. The summed E-state index contributed by atoms with van der Waals surface area (Å²) in [7, 11) is 1.91. The number of aliphatic hydroxyl groups is 1. The summed E-state index contributed by atoms with van der Waals surface area (Å²) in [5.74, 6) is 0.296. The first-order valence-corrected chi connectivity index (χ1v) is 8.18. The third-order valence-corrected chi connectivity index (χ3v) is 5.60. The number of fused-ring (bicyclic) bond motifs is 1. The zero-order valence-electron chi connectivity index (χ0n) is 12.7. The Kier molecular flexibility index (Phi) is 3.75. The molecular weight excluding hydrogens is 286 g/mol. The van der Waals surface area contributed by atoms with Crippen molar-refractivity contribution in [1.29, 1.82) is 0 Å². The average Bonchev–Trinajstić information content (AvgIpc) is 3.01. The highest BCUT2D eigenvalue weighted by molar-refractivity contribution is 7.20. The standard InChI is InChI=1S/C15H21N3O2S/c1-9-4-5-11(8-19)7-18(9)14(20)13-6-12-10(2)16-17(3)15(12)21-13/h6,9,11,19H,4-5,7-8H2,1-3H3. The van der Waals surface area contributed by atoms with Gasteiger partial charge in [-0.15, -0.1) is 11.3 Å². The molecule has 0 bridgehead atoms. The Balaban J connectivity index is 1.90. The van der Waals surface area contributed by atoms with E-state index in [9.17, 15) is 9.90 Å². The first-order valence-electron chi connectivity index (χ1n) is 7.36. The Morgan fingerprint density at radius 2 is 2.29 bits per heavy atom. The van der Waals surface area contributed by atoms with Crippen LogP contribution in [0.4, 0.5) is 0 Å². The van der Waals surface area contributed by atoms with Crippen molar-refractivity contribution in [3.05, 3.63) is 16.6 Å². The summed E-state index contributed by atoms with van der Waals surface area (Å²) >= 11 is 1.50. The van der Waals surface area contributed by atoms with Gasteiger partial charge in [-0.05, 0) is 38.7 Å². The van der Waals surface area contributed by atoms with Gasteiger partial charge in [-0.1, -0.05) is 0 Å². The molecule has 2 unspecified atom stereocenters. The number of nitrogens with zero attached hydrogens (tertiary/aromatic N) is 3. The lowest BCUT2D eigenvalue weighted by atomic mass is 9.94. The van der Waals surface area contributed by atoms with E-state index in [2.05, 4.69) is 12.0 Å². The lowest BCUT2D eigenvalue weighted by Gasteiger charge is -2.37. The van der Waals surface area contributed by atoms with Crippen molar-refractivity contribution in [2.45, 2.75) is 32.7 Å². The molecule has 114 valence electrons. The average molecular weight is 307 g/mol. The predicted octanol–water partition coefficient (Wildman–Crippen LogP) is 2.18. The van der Waals surface area contributed by atoms with Crippen molar-refractivity contribution in [2.24, 2.45) is 13.0 Å². The number of hydrogen-bond donors (Lipinski definition) is 1. The normalized spacial score (nSPS) is 23.0. The largest absolute Gasteiger partial charge is 0.396 e. The Bertz CT molecular complexity index is 641. The first-order chi connectivity index (χ1) is 10.0. The van der Waals surface area contributed by atoms with Gasteiger partial charge >= 0.3 is 0 Å². The van der Waals surface area contributed by atoms with Crippen molar-refractivity contribution < 1.29 is 9.90 Å². The smallest absolute Gasteiger partial charge is 0.264 e. The van der Waals surface area contributed by atoms with Crippen LogP contribution in [0.5, 0.6) is 0 Å². The van der Waals surface area contributed by atoms with E-state index in [1.165, 1.54) is 11.3 Å². The van der Waals surface area contributed by atoms with Crippen molar-refractivity contribution in [3.8, 4) is 0 Å². The topological polar surface area (TPSA) is 58.4 Å². The second-order valence-corrected chi connectivity index (χ2v) is 7.00. The van der Waals surface area contributed by atoms with Gasteiger partial charge in [-0.25, -0.2) is 0 Å². The molecule has 0 saturated carbocycles. The Morgan fingerprint density at radius 1 is 1.52 bits per heavy atom. The van der Waals surface area contributed by atoms with Crippen LogP contribution in [0.15, 0.2) is 6.07 Å². The molecule has 1 saturated heterocycles. The number of aryl methyl sites for hydroxylation is 2. The summed E-state index contributed by atoms with van der Waals surface area (Å²) in [6.07, 6.45) is 1.96. The van der Waals surface area contributed by atoms with E-state index in [-0.39, 0.29) is 24.5 Å². The summed E-state index contributed by atoms with van der Waals surface area (Å²) < 4.78 is 1.84. The van der Waals surface area contributed by atoms with Crippen LogP contribution in [0.2, 0.25) is 0 Å². The van der Waals surface area contributed by atoms with Crippen LogP contribution in [0.25, 0.3) is 10.2 Å². The van der Waals surface area contributed by atoms with E-state index in [0.29, 0.717) is 6.54 Å². The molecule has 1 aliphatic heterocycles. The van der Waals surface area contributed by atoms with Gasteiger partial charge in [0.05, 0.1) is 10.6 Å². The fourth-order valence-corrected chi connectivity index (χ4v) is 4.15. The van der Waals surface area contributed by atoms with E-state index in [1.807, 2.05) is 29.6 Å². The fourth-order valence-electron chi connectivity index (χ4n) is 3.07. The van der Waals surface area contributed by atoms with Crippen LogP contribution in [0, 0.1) is 12.8 Å². The fraction of sp³-hybridized carbons (Fsp3) is 0.600. The minimum atomic E-state index is 0.0845. The van der Waals surface area contributed by atoms with Gasteiger partial charge in [0, 0.05) is 31.6 Å². The minimum absolute atomic E-state index is 0.0845. The quantitative estimate of drug-likeness (QED) is 0.925. The summed E-state index contributed by atoms with van der Waals surface area (Å²) in [5, 5.41) is 14.8. The Labute approximate surface area is 128 Å². The number of aliphatic hydroxyl groups excluding tert-OH is 1. The van der Waals surface area contributed by atoms with E-state index in [1.54, 1.807) is 0 Å². The van der Waals surface area contributed by atoms with Gasteiger partial charge in [0.2, 0.25) is 0 Å². The summed E-state index contributed by atoms with van der Waals surface area (Å²) in [6.45, 7) is 4.87. The molecule has 0 spiro atoms. The van der Waals surface area contributed by atoms with Crippen molar-refractivity contribution >= 4 is 27.5 Å². The maximum atomic E-state index is 12.8. The van der Waals surface area contributed by atoms with E-state index in [0.717, 1.165) is 33.6 Å². The third-order valence-electron chi connectivity index (χ3n) is 4.41. The van der Waals surface area contributed by atoms with Crippen LogP contribution in [-0.2, 0) is 7.05 Å². The maximum absolute atomic E-state index is 12.8. The zero-order valence-corrected chi connectivity index (χ0v) is 13.5. The Hall–Kier alpha value is -1.40. The number of aromatic nitrogens is 2. The molecule has 2 aromatic rings. The molecule has 5 nitrogen and oxygen atoms in total. The molecule has 0 radical (unpaired) electrons. The molecule has 1 fully saturated rings. The Morgan fingerprint density at radius 3 is 2.95 bits per heavy atom. The molecule has 0 aromatic carbocycles. The number of carbonyl (C=O) groups is 1. The van der Waals surface area contributed by atoms with Gasteiger partial charge in [0.1, 0.15) is 4.83 Å². The second kappa shape index (κ2) is 5.42. The SMILES string of the molecule is Cc1nn(C)c2sc(C(=O)N3CC(CO)CCC3C)cc12. The van der Waals surface area contributed by atoms with E-state index < -0.39 is 0 Å². The number of hydrogen-bond acceptors (Lipinski definition) is 4. The highest BCUT2D eigenvalue weighted by atomic mass is 32.1. The van der Waals surface area contributed by atoms with Gasteiger partial charge in [0.25, 0.3) is 5.91 Å². The van der Waals surface area contributed by atoms with E-state index >= 15 is 0 Å². The highest BCUT2D eigenvalue weighted by Gasteiger charge is 2.30. The molecule has 1 N–H and O–H groups in total. The van der Waals surface area contributed by atoms with Crippen LogP contribution in [-0.4, -0.2) is 44.9 Å².